The molecule has 7 nitrogen and oxygen atoms in total. The van der Waals surface area contributed by atoms with E-state index in [2.05, 4.69) is 41.2 Å². The zero-order chi connectivity index (χ0) is 20.3. The summed E-state index contributed by atoms with van der Waals surface area (Å²) in [4.78, 5) is 16.5. The van der Waals surface area contributed by atoms with Crippen molar-refractivity contribution in [2.75, 3.05) is 25.3 Å². The predicted molar refractivity (Wildman–Crippen MR) is 116 cm³/mol. The highest BCUT2D eigenvalue weighted by Crippen LogP contribution is 2.40. The average Bonchev–Trinajstić information content (AvgIpc) is 2.65. The lowest BCUT2D eigenvalue weighted by Crippen LogP contribution is -2.11. The highest BCUT2D eigenvalue weighted by atomic mass is 79.9. The molecule has 3 rings (SSSR count). The molecule has 1 aromatic carbocycles. The van der Waals surface area contributed by atoms with Crippen LogP contribution in [0.5, 0.6) is 6.01 Å². The minimum Gasteiger partial charge on any atom is -0.464 e. The van der Waals surface area contributed by atoms with Gasteiger partial charge in [-0.2, -0.15) is 4.98 Å². The second-order valence-electron chi connectivity index (χ2n) is 6.23. The lowest BCUT2D eigenvalue weighted by Gasteiger charge is -2.17. The molecule has 2 aromatic heterocycles. The number of nitrogens with one attached hydrogen (secondary N) is 1. The zero-order valence-corrected chi connectivity index (χ0v) is 18.7. The van der Waals surface area contributed by atoms with Crippen molar-refractivity contribution in [2.24, 2.45) is 0 Å². The van der Waals surface area contributed by atoms with Crippen LogP contribution in [0.25, 0.3) is 11.1 Å². The molecule has 0 aliphatic rings. The molecule has 0 saturated heterocycles. The van der Waals surface area contributed by atoms with Crippen molar-refractivity contribution in [3.05, 3.63) is 46.5 Å². The van der Waals surface area contributed by atoms with E-state index in [4.69, 9.17) is 16.3 Å². The van der Waals surface area contributed by atoms with Gasteiger partial charge in [-0.25, -0.2) is 15.0 Å². The third-order valence-corrected chi connectivity index (χ3v) is 6.07. The molecule has 10 heteroatoms. The first-order chi connectivity index (χ1) is 13.3. The molecule has 0 saturated carbocycles. The maximum atomic E-state index is 12.9. The van der Waals surface area contributed by atoms with Gasteiger partial charge in [-0.1, -0.05) is 6.07 Å². The van der Waals surface area contributed by atoms with E-state index >= 15 is 0 Å². The van der Waals surface area contributed by atoms with Gasteiger partial charge in [-0.05, 0) is 65.5 Å². The standard InChI is InChI=1S/C18H18BrClN5O2P/c1-4-27-18-22-8-12(9-23-18)11-5-6-14(15(7-11)28(2,3)26)24-16-13(19)10-21-17(20)25-16/h5-10H,4H2,1-3H3,(H,21,24,25). The van der Waals surface area contributed by atoms with Crippen LogP contribution in [0.3, 0.4) is 0 Å². The lowest BCUT2D eigenvalue weighted by molar-refractivity contribution is 0.312. The molecule has 1 N–H and O–H groups in total. The minimum atomic E-state index is -2.61. The summed E-state index contributed by atoms with van der Waals surface area (Å²) in [7, 11) is -2.61. The van der Waals surface area contributed by atoms with Crippen molar-refractivity contribution in [1.82, 2.24) is 19.9 Å². The van der Waals surface area contributed by atoms with Crippen LogP contribution < -0.4 is 15.4 Å². The number of aromatic nitrogens is 4. The Labute approximate surface area is 176 Å². The van der Waals surface area contributed by atoms with Crippen molar-refractivity contribution in [2.45, 2.75) is 6.92 Å². The van der Waals surface area contributed by atoms with Crippen molar-refractivity contribution in [1.29, 1.82) is 0 Å². The molecular weight excluding hydrogens is 465 g/mol. The monoisotopic (exact) mass is 481 g/mol. The maximum absolute atomic E-state index is 12.9. The Balaban J connectivity index is 2.00. The molecule has 0 unspecified atom stereocenters. The minimum absolute atomic E-state index is 0.117. The molecule has 0 bridgehead atoms. The average molecular weight is 483 g/mol. The van der Waals surface area contributed by atoms with E-state index in [1.807, 2.05) is 25.1 Å². The third kappa shape index (κ3) is 4.87. The van der Waals surface area contributed by atoms with Gasteiger partial charge < -0.3 is 14.6 Å². The maximum Gasteiger partial charge on any atom is 0.316 e. The quantitative estimate of drug-likeness (QED) is 0.401. The second-order valence-corrected chi connectivity index (χ2v) is 10.6. The van der Waals surface area contributed by atoms with Gasteiger partial charge >= 0.3 is 6.01 Å². The summed E-state index contributed by atoms with van der Waals surface area (Å²) in [6, 6.07) is 5.95. The van der Waals surface area contributed by atoms with Gasteiger partial charge in [-0.15, -0.1) is 0 Å². The molecule has 0 fully saturated rings. The molecule has 146 valence electrons. The Hall–Kier alpha value is -2.02. The summed E-state index contributed by atoms with van der Waals surface area (Å²) in [6.45, 7) is 5.81. The Bertz CT molecular complexity index is 1040. The van der Waals surface area contributed by atoms with E-state index in [1.165, 1.54) is 0 Å². The van der Waals surface area contributed by atoms with Crippen LogP contribution in [0.2, 0.25) is 5.28 Å². The smallest absolute Gasteiger partial charge is 0.316 e. The van der Waals surface area contributed by atoms with Gasteiger partial charge in [0.25, 0.3) is 0 Å². The molecule has 2 heterocycles. The van der Waals surface area contributed by atoms with Gasteiger partial charge in [0.05, 0.1) is 16.8 Å². The highest BCUT2D eigenvalue weighted by Gasteiger charge is 2.19. The van der Waals surface area contributed by atoms with Crippen LogP contribution in [-0.2, 0) is 4.57 Å². The summed E-state index contributed by atoms with van der Waals surface area (Å²) in [5.41, 5.74) is 2.34. The summed E-state index contributed by atoms with van der Waals surface area (Å²) in [5.74, 6) is 0.492. The number of halogens is 2. The van der Waals surface area contributed by atoms with E-state index in [1.54, 1.807) is 31.9 Å². The van der Waals surface area contributed by atoms with Crippen molar-refractivity contribution in [3.8, 4) is 17.1 Å². The normalized spacial score (nSPS) is 11.3. The van der Waals surface area contributed by atoms with Crippen LogP contribution in [0.15, 0.2) is 41.3 Å². The molecule has 0 atom stereocenters. The summed E-state index contributed by atoms with van der Waals surface area (Å²) >= 11 is 9.28. The number of rotatable bonds is 6. The van der Waals surface area contributed by atoms with E-state index in [9.17, 15) is 4.57 Å². The molecular formula is C18H18BrClN5O2P. The van der Waals surface area contributed by atoms with Crippen LogP contribution in [0.1, 0.15) is 6.92 Å². The van der Waals surface area contributed by atoms with Crippen LogP contribution in [-0.4, -0.2) is 39.9 Å². The number of benzene rings is 1. The fraction of sp³-hybridized carbons (Fsp3) is 0.222. The number of nitrogens with zero attached hydrogens (tertiary/aromatic N) is 4. The van der Waals surface area contributed by atoms with Gasteiger partial charge in [-0.3, -0.25) is 0 Å². The van der Waals surface area contributed by atoms with Crippen molar-refractivity contribution >= 4 is 51.5 Å². The van der Waals surface area contributed by atoms with Gasteiger partial charge in [0.2, 0.25) is 5.28 Å². The highest BCUT2D eigenvalue weighted by molar-refractivity contribution is 9.10. The third-order valence-electron chi connectivity index (χ3n) is 3.78. The first kappa shape index (κ1) is 20.7. The zero-order valence-electron chi connectivity index (χ0n) is 15.5. The van der Waals surface area contributed by atoms with Crippen LogP contribution in [0, 0.1) is 0 Å². The van der Waals surface area contributed by atoms with Crippen molar-refractivity contribution in [3.63, 3.8) is 0 Å². The molecule has 0 aliphatic heterocycles. The van der Waals surface area contributed by atoms with Gasteiger partial charge in [0.15, 0.2) is 0 Å². The predicted octanol–water partition coefficient (Wildman–Crippen LogP) is 4.74. The Morgan fingerprint density at radius 3 is 2.50 bits per heavy atom. The second kappa shape index (κ2) is 8.55. The van der Waals surface area contributed by atoms with Gasteiger partial charge in [0.1, 0.15) is 13.0 Å². The van der Waals surface area contributed by atoms with Crippen LogP contribution >= 0.6 is 34.7 Å². The lowest BCUT2D eigenvalue weighted by atomic mass is 10.1. The number of hydrogen-bond acceptors (Lipinski definition) is 7. The number of hydrogen-bond donors (Lipinski definition) is 1. The Morgan fingerprint density at radius 2 is 1.86 bits per heavy atom. The van der Waals surface area contributed by atoms with E-state index in [-0.39, 0.29) is 5.28 Å². The topological polar surface area (TPSA) is 89.9 Å². The first-order valence-corrected chi connectivity index (χ1v) is 12.1. The molecule has 28 heavy (non-hydrogen) atoms. The molecule has 0 radical (unpaired) electrons. The molecule has 0 spiro atoms. The molecule has 0 aliphatic carbocycles. The SMILES string of the molecule is CCOc1ncc(-c2ccc(Nc3nc(Cl)ncc3Br)c(P(C)(C)=O)c2)cn1. The van der Waals surface area contributed by atoms with Gasteiger partial charge in [0, 0.05) is 29.5 Å². The Morgan fingerprint density at radius 1 is 1.14 bits per heavy atom. The summed E-state index contributed by atoms with van der Waals surface area (Å²) < 4.78 is 18.9. The fourth-order valence-corrected chi connectivity index (χ4v) is 4.08. The number of anilines is 2. The summed E-state index contributed by atoms with van der Waals surface area (Å²) in [5, 5.41) is 3.99. The first-order valence-electron chi connectivity index (χ1n) is 8.38. The van der Waals surface area contributed by atoms with Crippen LogP contribution in [0.4, 0.5) is 11.5 Å². The molecule has 0 amide bonds. The fourth-order valence-electron chi connectivity index (χ4n) is 2.49. The van der Waals surface area contributed by atoms with E-state index < -0.39 is 7.14 Å². The van der Waals surface area contributed by atoms with E-state index in [0.29, 0.717) is 33.9 Å². The van der Waals surface area contributed by atoms with E-state index in [0.717, 1.165) is 11.1 Å². The summed E-state index contributed by atoms with van der Waals surface area (Å²) in [6.07, 6.45) is 4.92. The Kier molecular flexibility index (Phi) is 6.33. The largest absolute Gasteiger partial charge is 0.464 e. The van der Waals surface area contributed by atoms with Crippen molar-refractivity contribution < 1.29 is 9.30 Å². The molecule has 3 aromatic rings. The number of ether oxygens (including phenoxy) is 1.